The number of aliphatic hydroxyl groups excluding tert-OH is 1. The number of benzene rings is 1. The standard InChI is InChI=1S/C13H14ClNO4/c1-8(16)12(13(18)19)15-11(17)7-6-9-4-2-3-5-10(9)14/h2-8,12,16H,1H3,(H,15,17)(H,18,19)/b7-6+. The molecule has 102 valence electrons. The van der Waals surface area contributed by atoms with Crippen molar-refractivity contribution >= 4 is 29.6 Å². The van der Waals surface area contributed by atoms with Gasteiger partial charge in [0.25, 0.3) is 0 Å². The largest absolute Gasteiger partial charge is 0.480 e. The number of carbonyl (C=O) groups excluding carboxylic acids is 1. The third-order valence-corrected chi connectivity index (χ3v) is 2.71. The molecule has 0 saturated heterocycles. The summed E-state index contributed by atoms with van der Waals surface area (Å²) < 4.78 is 0. The van der Waals surface area contributed by atoms with E-state index in [1.54, 1.807) is 24.3 Å². The van der Waals surface area contributed by atoms with Gasteiger partial charge in [0.05, 0.1) is 6.10 Å². The summed E-state index contributed by atoms with van der Waals surface area (Å²) in [5, 5.41) is 20.7. The van der Waals surface area contributed by atoms with Crippen LogP contribution in [-0.4, -0.2) is 34.2 Å². The van der Waals surface area contributed by atoms with Crippen molar-refractivity contribution in [3.8, 4) is 0 Å². The van der Waals surface area contributed by atoms with Gasteiger partial charge >= 0.3 is 5.97 Å². The van der Waals surface area contributed by atoms with Crippen LogP contribution in [0.2, 0.25) is 5.02 Å². The van der Waals surface area contributed by atoms with Crippen LogP contribution in [0.15, 0.2) is 30.3 Å². The Hall–Kier alpha value is -1.85. The fourth-order valence-electron chi connectivity index (χ4n) is 1.37. The second-order valence-corrected chi connectivity index (χ2v) is 4.33. The number of nitrogens with one attached hydrogen (secondary N) is 1. The zero-order chi connectivity index (χ0) is 14.4. The van der Waals surface area contributed by atoms with E-state index >= 15 is 0 Å². The minimum Gasteiger partial charge on any atom is -0.480 e. The van der Waals surface area contributed by atoms with Gasteiger partial charge in [-0.1, -0.05) is 29.8 Å². The Labute approximate surface area is 115 Å². The maximum absolute atomic E-state index is 11.5. The van der Waals surface area contributed by atoms with Gasteiger partial charge in [-0.3, -0.25) is 4.79 Å². The van der Waals surface area contributed by atoms with Gasteiger partial charge in [-0.2, -0.15) is 0 Å². The molecule has 5 nitrogen and oxygen atoms in total. The molecule has 6 heteroatoms. The van der Waals surface area contributed by atoms with Crippen molar-refractivity contribution < 1.29 is 19.8 Å². The lowest BCUT2D eigenvalue weighted by Crippen LogP contribution is -2.47. The van der Waals surface area contributed by atoms with E-state index in [1.807, 2.05) is 0 Å². The Morgan fingerprint density at radius 3 is 2.53 bits per heavy atom. The Balaban J connectivity index is 2.70. The lowest BCUT2D eigenvalue weighted by molar-refractivity contribution is -0.144. The average molecular weight is 284 g/mol. The highest BCUT2D eigenvalue weighted by Crippen LogP contribution is 2.16. The number of rotatable bonds is 5. The molecule has 1 rings (SSSR count). The van der Waals surface area contributed by atoms with Crippen molar-refractivity contribution in [3.05, 3.63) is 40.9 Å². The van der Waals surface area contributed by atoms with Gasteiger partial charge in [0.2, 0.25) is 5.91 Å². The average Bonchev–Trinajstić information content (AvgIpc) is 2.34. The number of hydrogen-bond donors (Lipinski definition) is 3. The second kappa shape index (κ2) is 6.92. The van der Waals surface area contributed by atoms with E-state index in [0.29, 0.717) is 10.6 Å². The summed E-state index contributed by atoms with van der Waals surface area (Å²) >= 11 is 5.90. The van der Waals surface area contributed by atoms with Crippen LogP contribution < -0.4 is 5.32 Å². The van der Waals surface area contributed by atoms with Gasteiger partial charge in [0, 0.05) is 11.1 Å². The smallest absolute Gasteiger partial charge is 0.328 e. The second-order valence-electron chi connectivity index (χ2n) is 3.92. The molecule has 19 heavy (non-hydrogen) atoms. The fourth-order valence-corrected chi connectivity index (χ4v) is 1.56. The molecule has 2 unspecified atom stereocenters. The molecule has 2 atom stereocenters. The van der Waals surface area contributed by atoms with Crippen LogP contribution in [0.5, 0.6) is 0 Å². The lowest BCUT2D eigenvalue weighted by Gasteiger charge is -2.15. The van der Waals surface area contributed by atoms with Crippen LogP contribution in [0.25, 0.3) is 6.08 Å². The van der Waals surface area contributed by atoms with Crippen molar-refractivity contribution in [2.75, 3.05) is 0 Å². The maximum atomic E-state index is 11.5. The van der Waals surface area contributed by atoms with Gasteiger partial charge in [-0.15, -0.1) is 0 Å². The molecule has 0 aliphatic carbocycles. The first kappa shape index (κ1) is 15.2. The number of amides is 1. The van der Waals surface area contributed by atoms with Crippen LogP contribution in [0.1, 0.15) is 12.5 Å². The van der Waals surface area contributed by atoms with E-state index in [0.717, 1.165) is 0 Å². The van der Waals surface area contributed by atoms with Gasteiger partial charge < -0.3 is 15.5 Å². The molecule has 1 aromatic carbocycles. The molecule has 0 aliphatic heterocycles. The molecule has 1 aromatic rings. The van der Waals surface area contributed by atoms with Gasteiger partial charge in [0.15, 0.2) is 6.04 Å². The molecule has 0 bridgehead atoms. The summed E-state index contributed by atoms with van der Waals surface area (Å²) in [6.07, 6.45) is 1.45. The van der Waals surface area contributed by atoms with Gasteiger partial charge in [-0.25, -0.2) is 4.79 Å². The predicted molar refractivity (Wildman–Crippen MR) is 71.7 cm³/mol. The number of carboxylic acid groups (broad SMARTS) is 1. The number of carbonyl (C=O) groups is 2. The van der Waals surface area contributed by atoms with Crippen molar-refractivity contribution in [1.82, 2.24) is 5.32 Å². The van der Waals surface area contributed by atoms with Crippen molar-refractivity contribution in [1.29, 1.82) is 0 Å². The molecule has 0 spiro atoms. The van der Waals surface area contributed by atoms with E-state index < -0.39 is 24.0 Å². The van der Waals surface area contributed by atoms with Crippen LogP contribution in [0.4, 0.5) is 0 Å². The highest BCUT2D eigenvalue weighted by molar-refractivity contribution is 6.32. The SMILES string of the molecule is CC(O)C(NC(=O)/C=C/c1ccccc1Cl)C(=O)O. The summed E-state index contributed by atoms with van der Waals surface area (Å²) in [6, 6.07) is 5.57. The normalized spacial score (nSPS) is 14.1. The highest BCUT2D eigenvalue weighted by Gasteiger charge is 2.23. The minimum atomic E-state index is -1.34. The lowest BCUT2D eigenvalue weighted by atomic mass is 10.1. The Morgan fingerprint density at radius 1 is 1.37 bits per heavy atom. The summed E-state index contributed by atoms with van der Waals surface area (Å²) in [7, 11) is 0. The van der Waals surface area contributed by atoms with Crippen LogP contribution in [0.3, 0.4) is 0 Å². The van der Waals surface area contributed by atoms with Crippen LogP contribution >= 0.6 is 11.6 Å². The first-order valence-electron chi connectivity index (χ1n) is 5.56. The third-order valence-electron chi connectivity index (χ3n) is 2.37. The number of hydrogen-bond acceptors (Lipinski definition) is 3. The van der Waals surface area contributed by atoms with Crippen LogP contribution in [-0.2, 0) is 9.59 Å². The number of aliphatic carboxylic acids is 1. The first-order chi connectivity index (χ1) is 8.91. The molecule has 0 radical (unpaired) electrons. The summed E-state index contributed by atoms with van der Waals surface area (Å²) in [4.78, 5) is 22.3. The quantitative estimate of drug-likeness (QED) is 0.711. The third kappa shape index (κ3) is 4.73. The minimum absolute atomic E-state index is 0.483. The monoisotopic (exact) mass is 283 g/mol. The van der Waals surface area contributed by atoms with Crippen molar-refractivity contribution in [2.45, 2.75) is 19.1 Å². The number of aliphatic hydroxyl groups is 1. The van der Waals surface area contributed by atoms with E-state index in [-0.39, 0.29) is 0 Å². The Morgan fingerprint density at radius 2 is 2.00 bits per heavy atom. The molecular weight excluding hydrogens is 270 g/mol. The molecule has 0 saturated carbocycles. The molecular formula is C13H14ClNO4. The van der Waals surface area contributed by atoms with Crippen molar-refractivity contribution in [2.24, 2.45) is 0 Å². The summed E-state index contributed by atoms with van der Waals surface area (Å²) in [5.74, 6) is -1.91. The molecule has 0 aliphatic rings. The van der Waals surface area contributed by atoms with Crippen LogP contribution in [0, 0.1) is 0 Å². The Bertz CT molecular complexity index is 499. The van der Waals surface area contributed by atoms with E-state index in [9.17, 15) is 14.7 Å². The van der Waals surface area contributed by atoms with E-state index in [1.165, 1.54) is 19.1 Å². The molecule has 0 fully saturated rings. The van der Waals surface area contributed by atoms with Gasteiger partial charge in [-0.05, 0) is 24.6 Å². The first-order valence-corrected chi connectivity index (χ1v) is 5.93. The molecule has 1 amide bonds. The van der Waals surface area contributed by atoms with E-state index in [4.69, 9.17) is 16.7 Å². The summed E-state index contributed by atoms with van der Waals surface area (Å²) in [5.41, 5.74) is 0.642. The topological polar surface area (TPSA) is 86.6 Å². The predicted octanol–water partition coefficient (Wildman–Crippen LogP) is 1.30. The maximum Gasteiger partial charge on any atom is 0.328 e. The molecule has 0 aromatic heterocycles. The summed E-state index contributed by atoms with van der Waals surface area (Å²) in [6.45, 7) is 1.29. The van der Waals surface area contributed by atoms with Crippen molar-refractivity contribution in [3.63, 3.8) is 0 Å². The number of halogens is 1. The highest BCUT2D eigenvalue weighted by atomic mass is 35.5. The zero-order valence-electron chi connectivity index (χ0n) is 10.2. The zero-order valence-corrected chi connectivity index (χ0v) is 11.0. The van der Waals surface area contributed by atoms with Gasteiger partial charge in [0.1, 0.15) is 0 Å². The molecule has 0 heterocycles. The van der Waals surface area contributed by atoms with E-state index in [2.05, 4.69) is 5.32 Å². The fraction of sp³-hybridized carbons (Fsp3) is 0.231. The number of carboxylic acids is 1. The Kier molecular flexibility index (Phi) is 5.54. The molecule has 3 N–H and O–H groups in total.